The maximum Gasteiger partial charge on any atom is 0.404 e. The summed E-state index contributed by atoms with van der Waals surface area (Å²) in [4.78, 5) is 57.5. The van der Waals surface area contributed by atoms with Crippen molar-refractivity contribution in [3.63, 3.8) is 0 Å². The van der Waals surface area contributed by atoms with Gasteiger partial charge in [-0.2, -0.15) is 23.4 Å². The highest BCUT2D eigenvalue weighted by molar-refractivity contribution is 7.84. The van der Waals surface area contributed by atoms with Crippen LogP contribution in [0.3, 0.4) is 0 Å². The number of aromatic nitrogens is 4. The molecule has 1 aliphatic rings. The average Bonchev–Trinajstić information content (AvgIpc) is 3.43. The highest BCUT2D eigenvalue weighted by atomic mass is 32.2. The number of carbonyl (C=O) groups excluding carboxylic acids is 3. The van der Waals surface area contributed by atoms with Crippen LogP contribution >= 0.6 is 11.3 Å². The zero-order valence-corrected chi connectivity index (χ0v) is 21.2. The largest absolute Gasteiger partial charge is 0.478 e. The van der Waals surface area contributed by atoms with Crippen LogP contribution in [0.25, 0.3) is 0 Å². The number of ether oxygens (including phenoxy) is 1. The number of anilines is 1. The molecule has 3 amide bonds. The first-order valence-electron chi connectivity index (χ1n) is 10.2. The second-order valence-electron chi connectivity index (χ2n) is 8.05. The van der Waals surface area contributed by atoms with E-state index in [1.54, 1.807) is 0 Å². The lowest BCUT2D eigenvalue weighted by Crippen LogP contribution is -2.73. The Labute approximate surface area is 217 Å². The number of nitrogens with two attached hydrogens (primary N) is 2. The van der Waals surface area contributed by atoms with Gasteiger partial charge < -0.3 is 31.5 Å². The zero-order chi connectivity index (χ0) is 28.4. The van der Waals surface area contributed by atoms with Crippen LogP contribution in [0, 0.1) is 0 Å². The van der Waals surface area contributed by atoms with Crippen molar-refractivity contribution >= 4 is 56.4 Å². The Balaban J connectivity index is 1.85. The number of oxime groups is 1. The predicted octanol–water partition coefficient (Wildman–Crippen LogP) is -2.31. The van der Waals surface area contributed by atoms with Crippen molar-refractivity contribution in [2.75, 3.05) is 5.73 Å². The van der Waals surface area contributed by atoms with Crippen LogP contribution in [-0.4, -0.2) is 89.6 Å². The van der Waals surface area contributed by atoms with Gasteiger partial charge >= 0.3 is 22.4 Å². The summed E-state index contributed by atoms with van der Waals surface area (Å²) in [7, 11) is -5.05. The quantitative estimate of drug-likeness (QED) is 0.0815. The minimum Gasteiger partial charge on any atom is -0.478 e. The Morgan fingerprint density at radius 3 is 2.58 bits per heavy atom. The minimum absolute atomic E-state index is 0.0361. The van der Waals surface area contributed by atoms with E-state index in [4.69, 9.17) is 16.3 Å². The summed E-state index contributed by atoms with van der Waals surface area (Å²) in [5.41, 5.74) is 8.07. The first-order valence-corrected chi connectivity index (χ1v) is 12.5. The summed E-state index contributed by atoms with van der Waals surface area (Å²) in [6.45, 7) is 1.55. The van der Waals surface area contributed by atoms with Gasteiger partial charge in [0.05, 0.1) is 12.7 Å². The number of nitrogens with zero attached hydrogens (tertiary/aromatic N) is 6. The van der Waals surface area contributed by atoms with E-state index < -0.39 is 64.1 Å². The van der Waals surface area contributed by atoms with Crippen molar-refractivity contribution in [3.05, 3.63) is 23.0 Å². The molecule has 38 heavy (non-hydrogen) atoms. The molecule has 1 aliphatic heterocycles. The second-order valence-corrected chi connectivity index (χ2v) is 10.2. The minimum atomic E-state index is -5.05. The van der Waals surface area contributed by atoms with Crippen molar-refractivity contribution in [2.45, 2.75) is 44.7 Å². The molecular formula is C17H21N9O10S2. The molecule has 0 bridgehead atoms. The molecular weight excluding hydrogens is 554 g/mol. The van der Waals surface area contributed by atoms with Crippen LogP contribution in [0.4, 0.5) is 9.93 Å². The number of aliphatic carboxylic acids is 1. The number of carboxylic acid groups (broad SMARTS) is 1. The number of nitrogen functional groups attached to an aromatic ring is 1. The van der Waals surface area contributed by atoms with Gasteiger partial charge in [0.1, 0.15) is 30.1 Å². The van der Waals surface area contributed by atoms with Gasteiger partial charge in [0, 0.05) is 5.38 Å². The lowest BCUT2D eigenvalue weighted by atomic mass is 9.98. The summed E-state index contributed by atoms with van der Waals surface area (Å²) in [5, 5.41) is 24.2. The number of β-lactam (4-membered cyclic amide) rings is 1. The van der Waals surface area contributed by atoms with Gasteiger partial charge in [-0.3, -0.25) is 14.1 Å². The molecule has 206 valence electrons. The SMILES string of the molecule is CC(C)(O/N=C(\C(=O)N[C@@H]1C(=O)N(S(=O)(=O)O)[C@@H]1Cn1ncc(COC(N)=O)n1)c1csc(N)n1)C(=O)O. The van der Waals surface area contributed by atoms with E-state index in [-0.39, 0.29) is 27.4 Å². The predicted molar refractivity (Wildman–Crippen MR) is 124 cm³/mol. The molecule has 0 aliphatic carbocycles. The van der Waals surface area contributed by atoms with Crippen LogP contribution < -0.4 is 16.8 Å². The van der Waals surface area contributed by atoms with E-state index in [2.05, 4.69) is 30.4 Å². The molecule has 0 spiro atoms. The number of carboxylic acids is 1. The summed E-state index contributed by atoms with van der Waals surface area (Å²) in [5.74, 6) is -3.69. The fourth-order valence-corrected chi connectivity index (χ4v) is 4.37. The molecule has 3 heterocycles. The van der Waals surface area contributed by atoms with Crippen LogP contribution in [0.5, 0.6) is 0 Å². The maximum absolute atomic E-state index is 13.1. The van der Waals surface area contributed by atoms with Crippen molar-refractivity contribution in [1.29, 1.82) is 0 Å². The second kappa shape index (κ2) is 10.5. The first kappa shape index (κ1) is 28.2. The number of primary amides is 1. The van der Waals surface area contributed by atoms with Gasteiger partial charge in [-0.1, -0.05) is 5.16 Å². The summed E-state index contributed by atoms with van der Waals surface area (Å²) >= 11 is 0.930. The van der Waals surface area contributed by atoms with Crippen LogP contribution in [0.2, 0.25) is 0 Å². The molecule has 1 fully saturated rings. The van der Waals surface area contributed by atoms with Gasteiger partial charge in [-0.15, -0.1) is 11.3 Å². The van der Waals surface area contributed by atoms with E-state index in [9.17, 15) is 37.3 Å². The van der Waals surface area contributed by atoms with Crippen molar-refractivity contribution < 1.29 is 46.8 Å². The summed E-state index contributed by atoms with van der Waals surface area (Å²) in [6, 6.07) is -2.94. The Hall–Kier alpha value is -4.37. The molecule has 0 aromatic carbocycles. The summed E-state index contributed by atoms with van der Waals surface area (Å²) < 4.78 is 37.7. The average molecular weight is 576 g/mol. The molecule has 2 aromatic heterocycles. The number of nitrogens with one attached hydrogen (secondary N) is 1. The highest BCUT2D eigenvalue weighted by Crippen LogP contribution is 2.25. The van der Waals surface area contributed by atoms with Crippen LogP contribution in [0.1, 0.15) is 25.2 Å². The zero-order valence-electron chi connectivity index (χ0n) is 19.5. The number of amides is 3. The van der Waals surface area contributed by atoms with Gasteiger partial charge in [-0.05, 0) is 13.8 Å². The third kappa shape index (κ3) is 6.30. The smallest absolute Gasteiger partial charge is 0.404 e. The topological polar surface area (TPSA) is 285 Å². The van der Waals surface area contributed by atoms with Crippen molar-refractivity contribution in [1.82, 2.24) is 29.6 Å². The Morgan fingerprint density at radius 2 is 2.03 bits per heavy atom. The first-order chi connectivity index (χ1) is 17.6. The molecule has 7 N–H and O–H groups in total. The van der Waals surface area contributed by atoms with Gasteiger partial charge in [0.15, 0.2) is 10.8 Å². The molecule has 2 atom stereocenters. The molecule has 21 heteroatoms. The molecule has 19 nitrogen and oxygen atoms in total. The molecule has 0 unspecified atom stereocenters. The van der Waals surface area contributed by atoms with E-state index in [1.807, 2.05) is 0 Å². The fraction of sp³-hybridized carbons (Fsp3) is 0.412. The van der Waals surface area contributed by atoms with E-state index in [1.165, 1.54) is 25.4 Å². The molecule has 2 aromatic rings. The Kier molecular flexibility index (Phi) is 7.83. The van der Waals surface area contributed by atoms with Crippen LogP contribution in [0.15, 0.2) is 16.7 Å². The van der Waals surface area contributed by atoms with E-state index in [0.717, 1.165) is 16.1 Å². The fourth-order valence-electron chi connectivity index (χ4n) is 2.95. The maximum atomic E-state index is 13.1. The molecule has 3 rings (SSSR count). The van der Waals surface area contributed by atoms with Crippen molar-refractivity contribution in [2.24, 2.45) is 10.9 Å². The van der Waals surface area contributed by atoms with E-state index >= 15 is 0 Å². The lowest BCUT2D eigenvalue weighted by Gasteiger charge is -2.43. The van der Waals surface area contributed by atoms with Gasteiger partial charge in [-0.25, -0.2) is 18.9 Å². The Bertz CT molecular complexity index is 1400. The number of carbonyl (C=O) groups is 4. The van der Waals surface area contributed by atoms with Gasteiger partial charge in [0.2, 0.25) is 5.60 Å². The highest BCUT2D eigenvalue weighted by Gasteiger charge is 2.54. The van der Waals surface area contributed by atoms with Crippen molar-refractivity contribution in [3.8, 4) is 0 Å². The Morgan fingerprint density at radius 1 is 1.34 bits per heavy atom. The third-order valence-corrected chi connectivity index (χ3v) is 6.48. The molecule has 0 radical (unpaired) electrons. The van der Waals surface area contributed by atoms with E-state index in [0.29, 0.717) is 0 Å². The number of hydrogen-bond donors (Lipinski definition) is 5. The number of rotatable bonds is 11. The normalized spacial score (nSPS) is 18.0. The standard InChI is InChI=1S/C17H21N9O10S2/c1-17(2,14(29)30)36-24-10(8-6-37-15(18)21-8)12(27)22-11-9(26(13(11)28)38(32,33)34)4-25-20-3-7(23-25)5-35-16(19)31/h3,6,9,11H,4-5H2,1-2H3,(H2,18,21)(H2,19,31)(H,22,27)(H,29,30)(H,32,33,34)/b24-10-/t9-,11+/m1/s1. The lowest BCUT2D eigenvalue weighted by molar-refractivity contribution is -0.161. The van der Waals surface area contributed by atoms with Gasteiger partial charge in [0.25, 0.3) is 11.8 Å². The van der Waals surface area contributed by atoms with Crippen LogP contribution in [-0.2, 0) is 47.4 Å². The summed E-state index contributed by atoms with van der Waals surface area (Å²) in [6.07, 6.45) is 0.104. The third-order valence-electron chi connectivity index (χ3n) is 4.86. The number of hydrogen-bond acceptors (Lipinski definition) is 14. The monoisotopic (exact) mass is 575 g/mol. The number of thiazole rings is 1. The molecule has 1 saturated heterocycles. The molecule has 0 saturated carbocycles.